The summed E-state index contributed by atoms with van der Waals surface area (Å²) in [7, 11) is 0. The zero-order valence-electron chi connectivity index (χ0n) is 11.1. The first-order valence-electron chi connectivity index (χ1n) is 6.23. The first kappa shape index (κ1) is 14.0. The monoisotopic (exact) mass is 272 g/mol. The third-order valence-corrected chi connectivity index (χ3v) is 2.73. The zero-order chi connectivity index (χ0) is 14.5. The van der Waals surface area contributed by atoms with Gasteiger partial charge in [-0.25, -0.2) is 0 Å². The van der Waals surface area contributed by atoms with Gasteiger partial charge in [0.25, 0.3) is 5.91 Å². The number of amides is 1. The molecule has 2 rings (SSSR count). The van der Waals surface area contributed by atoms with Crippen LogP contribution in [0.15, 0.2) is 42.5 Å². The number of hydrogen-bond acceptors (Lipinski definition) is 4. The van der Waals surface area contributed by atoms with Gasteiger partial charge in [0.05, 0.1) is 17.5 Å². The third-order valence-electron chi connectivity index (χ3n) is 2.73. The molecule has 1 aromatic carbocycles. The summed E-state index contributed by atoms with van der Waals surface area (Å²) >= 11 is 0. The normalized spacial score (nSPS) is 11.9. The lowest BCUT2D eigenvalue weighted by Crippen LogP contribution is -2.19. The van der Waals surface area contributed by atoms with Crippen LogP contribution in [-0.2, 0) is 4.79 Å². The molecule has 0 bridgehead atoms. The van der Waals surface area contributed by atoms with Gasteiger partial charge in [-0.2, -0.15) is 0 Å². The summed E-state index contributed by atoms with van der Waals surface area (Å²) in [5.74, 6) is 0.0552. The van der Waals surface area contributed by atoms with Crippen molar-refractivity contribution >= 4 is 5.91 Å². The SMILES string of the molecule is C[C@@H](O)c1cccc(-c2ccc(OCC(N)=O)cc2)n1. The molecule has 0 aliphatic rings. The highest BCUT2D eigenvalue weighted by Gasteiger charge is 2.05. The minimum atomic E-state index is -0.604. The van der Waals surface area contributed by atoms with Crippen molar-refractivity contribution in [2.75, 3.05) is 6.61 Å². The summed E-state index contributed by atoms with van der Waals surface area (Å²) in [6.07, 6.45) is -0.604. The summed E-state index contributed by atoms with van der Waals surface area (Å²) in [5, 5.41) is 9.53. The van der Waals surface area contributed by atoms with Gasteiger partial charge in [0.2, 0.25) is 0 Å². The van der Waals surface area contributed by atoms with Crippen LogP contribution in [0.1, 0.15) is 18.7 Å². The standard InChI is InChI=1S/C15H16N2O3/c1-10(18)13-3-2-4-14(17-13)11-5-7-12(8-6-11)20-9-15(16)19/h2-8,10,18H,9H2,1H3,(H2,16,19)/t10-/m1/s1. The van der Waals surface area contributed by atoms with E-state index in [-0.39, 0.29) is 6.61 Å². The second kappa shape index (κ2) is 6.16. The van der Waals surface area contributed by atoms with Crippen molar-refractivity contribution in [2.24, 2.45) is 5.73 Å². The maximum Gasteiger partial charge on any atom is 0.255 e. The molecule has 0 radical (unpaired) electrons. The highest BCUT2D eigenvalue weighted by molar-refractivity contribution is 5.75. The van der Waals surface area contributed by atoms with E-state index in [2.05, 4.69) is 4.98 Å². The number of nitrogens with two attached hydrogens (primary N) is 1. The fourth-order valence-electron chi connectivity index (χ4n) is 1.72. The molecular weight excluding hydrogens is 256 g/mol. The summed E-state index contributed by atoms with van der Waals surface area (Å²) in [4.78, 5) is 15.0. The molecule has 5 heteroatoms. The van der Waals surface area contributed by atoms with E-state index in [9.17, 15) is 9.90 Å². The van der Waals surface area contributed by atoms with Gasteiger partial charge in [-0.15, -0.1) is 0 Å². The van der Waals surface area contributed by atoms with E-state index >= 15 is 0 Å². The summed E-state index contributed by atoms with van der Waals surface area (Å²) in [6.45, 7) is 1.53. The maximum atomic E-state index is 10.6. The predicted octanol–water partition coefficient (Wildman–Crippen LogP) is 1.67. The number of hydrogen-bond donors (Lipinski definition) is 2. The largest absolute Gasteiger partial charge is 0.484 e. The van der Waals surface area contributed by atoms with Gasteiger partial charge in [-0.1, -0.05) is 6.07 Å². The number of aliphatic hydroxyl groups excluding tert-OH is 1. The number of carbonyl (C=O) groups excluding carboxylic acids is 1. The van der Waals surface area contributed by atoms with Crippen LogP contribution in [0.25, 0.3) is 11.3 Å². The van der Waals surface area contributed by atoms with Crippen LogP contribution < -0.4 is 10.5 Å². The van der Waals surface area contributed by atoms with Crippen LogP contribution in [0.5, 0.6) is 5.75 Å². The molecule has 0 aliphatic heterocycles. The number of pyridine rings is 1. The van der Waals surface area contributed by atoms with Crippen LogP contribution in [-0.4, -0.2) is 22.6 Å². The van der Waals surface area contributed by atoms with E-state index in [4.69, 9.17) is 10.5 Å². The minimum absolute atomic E-state index is 0.144. The van der Waals surface area contributed by atoms with Crippen molar-refractivity contribution in [1.29, 1.82) is 0 Å². The molecule has 0 saturated heterocycles. The van der Waals surface area contributed by atoms with Crippen LogP contribution in [0.2, 0.25) is 0 Å². The number of benzene rings is 1. The lowest BCUT2D eigenvalue weighted by atomic mass is 10.1. The molecule has 1 heterocycles. The molecule has 0 unspecified atom stereocenters. The van der Waals surface area contributed by atoms with Crippen LogP contribution >= 0.6 is 0 Å². The van der Waals surface area contributed by atoms with Crippen molar-refractivity contribution in [3.63, 3.8) is 0 Å². The molecule has 104 valence electrons. The van der Waals surface area contributed by atoms with E-state index < -0.39 is 12.0 Å². The molecular formula is C15H16N2O3. The van der Waals surface area contributed by atoms with Gasteiger partial charge in [-0.3, -0.25) is 9.78 Å². The van der Waals surface area contributed by atoms with E-state index in [0.717, 1.165) is 11.3 Å². The van der Waals surface area contributed by atoms with Crippen LogP contribution in [0.4, 0.5) is 0 Å². The first-order chi connectivity index (χ1) is 9.56. The smallest absolute Gasteiger partial charge is 0.255 e. The zero-order valence-corrected chi connectivity index (χ0v) is 11.1. The molecule has 20 heavy (non-hydrogen) atoms. The van der Waals surface area contributed by atoms with E-state index in [1.807, 2.05) is 24.3 Å². The van der Waals surface area contributed by atoms with Crippen molar-refractivity contribution in [3.05, 3.63) is 48.2 Å². The Hall–Kier alpha value is -2.40. The Balaban J connectivity index is 2.17. The van der Waals surface area contributed by atoms with Gasteiger partial charge < -0.3 is 15.6 Å². The van der Waals surface area contributed by atoms with E-state index in [0.29, 0.717) is 11.4 Å². The van der Waals surface area contributed by atoms with Crippen molar-refractivity contribution in [1.82, 2.24) is 4.98 Å². The Bertz CT molecular complexity index is 594. The van der Waals surface area contributed by atoms with Gasteiger partial charge >= 0.3 is 0 Å². The van der Waals surface area contributed by atoms with Gasteiger partial charge in [-0.05, 0) is 43.3 Å². The van der Waals surface area contributed by atoms with Crippen LogP contribution in [0, 0.1) is 0 Å². The summed E-state index contributed by atoms with van der Waals surface area (Å²) < 4.78 is 5.19. The third kappa shape index (κ3) is 3.55. The molecule has 0 aliphatic carbocycles. The quantitative estimate of drug-likeness (QED) is 0.867. The number of aliphatic hydroxyl groups is 1. The van der Waals surface area contributed by atoms with Gasteiger partial charge in [0.1, 0.15) is 5.75 Å². The number of carbonyl (C=O) groups is 1. The lowest BCUT2D eigenvalue weighted by Gasteiger charge is -2.08. The maximum absolute atomic E-state index is 10.6. The Morgan fingerprint density at radius 2 is 2.00 bits per heavy atom. The first-order valence-corrected chi connectivity index (χ1v) is 6.23. The van der Waals surface area contributed by atoms with E-state index in [1.165, 1.54) is 0 Å². The van der Waals surface area contributed by atoms with Crippen molar-refractivity contribution < 1.29 is 14.6 Å². The molecule has 1 amide bonds. The highest BCUT2D eigenvalue weighted by Crippen LogP contribution is 2.22. The topological polar surface area (TPSA) is 85.4 Å². The van der Waals surface area contributed by atoms with E-state index in [1.54, 1.807) is 25.1 Å². The molecule has 1 atom stereocenters. The van der Waals surface area contributed by atoms with Gasteiger partial charge in [0, 0.05) is 5.56 Å². The summed E-state index contributed by atoms with van der Waals surface area (Å²) in [6, 6.07) is 12.7. The number of rotatable bonds is 5. The van der Waals surface area contributed by atoms with Crippen LogP contribution in [0.3, 0.4) is 0 Å². The molecule has 0 saturated carbocycles. The number of nitrogens with zero attached hydrogens (tertiary/aromatic N) is 1. The number of primary amides is 1. The average Bonchev–Trinajstić information content (AvgIpc) is 2.46. The predicted molar refractivity (Wildman–Crippen MR) is 75.0 cm³/mol. The molecule has 1 aromatic heterocycles. The van der Waals surface area contributed by atoms with Crippen molar-refractivity contribution in [2.45, 2.75) is 13.0 Å². The second-order valence-corrected chi connectivity index (χ2v) is 4.40. The number of aromatic nitrogens is 1. The fraction of sp³-hybridized carbons (Fsp3) is 0.200. The molecule has 0 fully saturated rings. The molecule has 3 N–H and O–H groups in total. The molecule has 5 nitrogen and oxygen atoms in total. The minimum Gasteiger partial charge on any atom is -0.484 e. The lowest BCUT2D eigenvalue weighted by molar-refractivity contribution is -0.119. The Kier molecular flexibility index (Phi) is 4.32. The average molecular weight is 272 g/mol. The Morgan fingerprint density at radius 3 is 2.60 bits per heavy atom. The second-order valence-electron chi connectivity index (χ2n) is 4.40. The fourth-order valence-corrected chi connectivity index (χ4v) is 1.72. The Morgan fingerprint density at radius 1 is 1.30 bits per heavy atom. The van der Waals surface area contributed by atoms with Gasteiger partial charge in [0.15, 0.2) is 6.61 Å². The molecule has 2 aromatic rings. The Labute approximate surface area is 117 Å². The molecule has 0 spiro atoms. The van der Waals surface area contributed by atoms with Crippen molar-refractivity contribution in [3.8, 4) is 17.0 Å². The number of ether oxygens (including phenoxy) is 1. The highest BCUT2D eigenvalue weighted by atomic mass is 16.5. The summed E-state index contributed by atoms with van der Waals surface area (Å²) in [5.41, 5.74) is 7.30.